The third-order valence-corrected chi connectivity index (χ3v) is 9.59. The first-order chi connectivity index (χ1) is 25.2. The minimum atomic E-state index is 0.919. The van der Waals surface area contributed by atoms with Crippen LogP contribution in [0.4, 0.5) is 0 Å². The predicted molar refractivity (Wildman–Crippen MR) is 212 cm³/mol. The van der Waals surface area contributed by atoms with Crippen LogP contribution in [0, 0.1) is 6.92 Å². The molecule has 0 bridgehead atoms. The zero-order valence-corrected chi connectivity index (χ0v) is 28.2. The van der Waals surface area contributed by atoms with Gasteiger partial charge < -0.3 is 0 Å². The monoisotopic (exact) mass is 651 g/mol. The van der Waals surface area contributed by atoms with Crippen molar-refractivity contribution >= 4 is 21.8 Å². The molecule has 51 heavy (non-hydrogen) atoms. The molecule has 240 valence electrons. The first-order valence-corrected chi connectivity index (χ1v) is 17.3. The molecule has 3 heterocycles. The molecular weight excluding hydrogens is 619 g/mol. The highest BCUT2D eigenvalue weighted by Gasteiger charge is 2.13. The summed E-state index contributed by atoms with van der Waals surface area (Å²) in [5.74, 6) is 0. The van der Waals surface area contributed by atoms with E-state index in [1.54, 1.807) is 0 Å². The largest absolute Gasteiger partial charge is 0.248 e. The Morgan fingerprint density at radius 2 is 0.784 bits per heavy atom. The van der Waals surface area contributed by atoms with E-state index in [4.69, 9.17) is 15.0 Å². The lowest BCUT2D eigenvalue weighted by Crippen LogP contribution is -1.93. The lowest BCUT2D eigenvalue weighted by Gasteiger charge is -2.12. The van der Waals surface area contributed by atoms with Gasteiger partial charge in [-0.15, -0.1) is 0 Å². The van der Waals surface area contributed by atoms with E-state index in [2.05, 4.69) is 177 Å². The van der Waals surface area contributed by atoms with E-state index < -0.39 is 0 Å². The van der Waals surface area contributed by atoms with Crippen molar-refractivity contribution in [3.05, 3.63) is 188 Å². The second-order valence-electron chi connectivity index (χ2n) is 12.9. The molecule has 9 aromatic rings. The van der Waals surface area contributed by atoms with Gasteiger partial charge in [-0.2, -0.15) is 0 Å². The van der Waals surface area contributed by atoms with E-state index in [0.717, 1.165) is 83.5 Å². The predicted octanol–water partition coefficient (Wildman–Crippen LogP) is 12.5. The number of hydrogen-bond acceptors (Lipinski definition) is 3. The fraction of sp³-hybridized carbons (Fsp3) is 0.0208. The Labute approximate surface area is 297 Å². The first kappa shape index (κ1) is 30.4. The average molecular weight is 652 g/mol. The van der Waals surface area contributed by atoms with Crippen molar-refractivity contribution in [2.24, 2.45) is 0 Å². The molecule has 0 saturated carbocycles. The van der Waals surface area contributed by atoms with E-state index in [-0.39, 0.29) is 0 Å². The van der Waals surface area contributed by atoms with Gasteiger partial charge in [0, 0.05) is 33.0 Å². The zero-order chi connectivity index (χ0) is 34.1. The normalized spacial score (nSPS) is 11.2. The molecule has 0 radical (unpaired) electrons. The summed E-state index contributed by atoms with van der Waals surface area (Å²) in [4.78, 5) is 15.5. The summed E-state index contributed by atoms with van der Waals surface area (Å²) in [6, 6.07) is 63.7. The average Bonchev–Trinajstić information content (AvgIpc) is 3.21. The number of rotatable bonds is 6. The summed E-state index contributed by atoms with van der Waals surface area (Å²) in [7, 11) is 0. The molecule has 3 aromatic heterocycles. The Morgan fingerprint density at radius 3 is 1.47 bits per heavy atom. The van der Waals surface area contributed by atoms with Crippen LogP contribution in [0.5, 0.6) is 0 Å². The number of benzene rings is 6. The molecule has 3 nitrogen and oxygen atoms in total. The molecule has 0 unspecified atom stereocenters. The van der Waals surface area contributed by atoms with Gasteiger partial charge in [0.25, 0.3) is 0 Å². The summed E-state index contributed by atoms with van der Waals surface area (Å²) < 4.78 is 0. The molecule has 6 aromatic carbocycles. The van der Waals surface area contributed by atoms with Gasteiger partial charge >= 0.3 is 0 Å². The van der Waals surface area contributed by atoms with Crippen LogP contribution in [0.1, 0.15) is 5.56 Å². The van der Waals surface area contributed by atoms with Gasteiger partial charge in [0.2, 0.25) is 0 Å². The maximum Gasteiger partial charge on any atom is 0.0975 e. The molecule has 3 heteroatoms. The lowest BCUT2D eigenvalue weighted by molar-refractivity contribution is 1.32. The van der Waals surface area contributed by atoms with Crippen molar-refractivity contribution in [2.75, 3.05) is 0 Å². The first-order valence-electron chi connectivity index (χ1n) is 17.3. The fourth-order valence-electron chi connectivity index (χ4n) is 6.88. The van der Waals surface area contributed by atoms with Crippen LogP contribution in [-0.2, 0) is 0 Å². The van der Waals surface area contributed by atoms with Gasteiger partial charge in [-0.3, -0.25) is 0 Å². The Balaban J connectivity index is 1.07. The second-order valence-corrected chi connectivity index (χ2v) is 12.9. The van der Waals surface area contributed by atoms with E-state index in [1.165, 1.54) is 11.1 Å². The van der Waals surface area contributed by atoms with Gasteiger partial charge in [0.15, 0.2) is 0 Å². The quantitative estimate of drug-likeness (QED) is 0.168. The Morgan fingerprint density at radius 1 is 0.294 bits per heavy atom. The minimum absolute atomic E-state index is 0.919. The molecule has 0 aliphatic rings. The molecular formula is C48H33N3. The minimum Gasteiger partial charge on any atom is -0.248 e. The summed E-state index contributed by atoms with van der Waals surface area (Å²) in [5, 5.41) is 2.21. The molecule has 0 amide bonds. The van der Waals surface area contributed by atoms with Crippen LogP contribution in [-0.4, -0.2) is 15.0 Å². The van der Waals surface area contributed by atoms with Crippen LogP contribution in [0.15, 0.2) is 182 Å². The van der Waals surface area contributed by atoms with Crippen molar-refractivity contribution < 1.29 is 0 Å². The third-order valence-electron chi connectivity index (χ3n) is 9.59. The van der Waals surface area contributed by atoms with Crippen LogP contribution in [0.25, 0.3) is 89.1 Å². The van der Waals surface area contributed by atoms with Gasteiger partial charge in [-0.25, -0.2) is 15.0 Å². The molecule has 0 atom stereocenters. The second kappa shape index (κ2) is 13.0. The molecule has 0 fully saturated rings. The number of hydrogen-bond donors (Lipinski definition) is 0. The molecule has 0 saturated heterocycles. The fourth-order valence-corrected chi connectivity index (χ4v) is 6.88. The van der Waals surface area contributed by atoms with Crippen molar-refractivity contribution in [1.29, 1.82) is 0 Å². The number of aromatic nitrogens is 3. The maximum absolute atomic E-state index is 5.20. The molecule has 0 spiro atoms. The van der Waals surface area contributed by atoms with E-state index in [9.17, 15) is 0 Å². The van der Waals surface area contributed by atoms with E-state index in [0.29, 0.717) is 0 Å². The van der Waals surface area contributed by atoms with Crippen molar-refractivity contribution in [1.82, 2.24) is 15.0 Å². The third kappa shape index (κ3) is 5.96. The van der Waals surface area contributed by atoms with Gasteiger partial charge in [-0.05, 0) is 65.1 Å². The standard InChI is InChI=1S/C48H33N3/c1-32-28-44(35-14-7-3-8-15-35)51-48-42(32)26-24-38-25-27-43(50-47(38)48)37-22-20-34(21-23-37)39-18-11-19-40(29-39)46-31-41(33-12-5-2-6-13-33)30-45(49-46)36-16-9-4-10-17-36/h2-31H,1H3. The summed E-state index contributed by atoms with van der Waals surface area (Å²) in [6.07, 6.45) is 0. The molecule has 0 N–H and O–H groups in total. The van der Waals surface area contributed by atoms with Crippen LogP contribution in [0.3, 0.4) is 0 Å². The van der Waals surface area contributed by atoms with Crippen molar-refractivity contribution in [2.45, 2.75) is 6.92 Å². The van der Waals surface area contributed by atoms with Gasteiger partial charge in [0.1, 0.15) is 0 Å². The zero-order valence-electron chi connectivity index (χ0n) is 28.2. The molecule has 9 rings (SSSR count). The van der Waals surface area contributed by atoms with Crippen LogP contribution < -0.4 is 0 Å². The number of aryl methyl sites for hydroxylation is 1. The topological polar surface area (TPSA) is 38.7 Å². The Kier molecular flexibility index (Phi) is 7.71. The smallest absolute Gasteiger partial charge is 0.0975 e. The highest BCUT2D eigenvalue weighted by atomic mass is 14.8. The number of nitrogens with zero attached hydrogens (tertiary/aromatic N) is 3. The number of pyridine rings is 3. The van der Waals surface area contributed by atoms with Gasteiger partial charge in [-0.1, -0.05) is 152 Å². The lowest BCUT2D eigenvalue weighted by atomic mass is 9.97. The van der Waals surface area contributed by atoms with Crippen molar-refractivity contribution in [3.8, 4) is 67.3 Å². The maximum atomic E-state index is 5.20. The highest BCUT2D eigenvalue weighted by Crippen LogP contribution is 2.34. The molecule has 0 aliphatic carbocycles. The Hall–Kier alpha value is -6.71. The SMILES string of the molecule is Cc1cc(-c2ccccc2)nc2c1ccc1ccc(-c3ccc(-c4cccc(-c5cc(-c6ccccc6)cc(-c6ccccc6)n5)c4)cc3)nc12. The van der Waals surface area contributed by atoms with Crippen LogP contribution in [0.2, 0.25) is 0 Å². The van der Waals surface area contributed by atoms with E-state index in [1.807, 2.05) is 12.1 Å². The van der Waals surface area contributed by atoms with Crippen LogP contribution >= 0.6 is 0 Å². The molecule has 0 aliphatic heterocycles. The summed E-state index contributed by atoms with van der Waals surface area (Å²) in [6.45, 7) is 2.15. The summed E-state index contributed by atoms with van der Waals surface area (Å²) >= 11 is 0. The van der Waals surface area contributed by atoms with E-state index >= 15 is 0 Å². The Bertz CT molecular complexity index is 2610. The highest BCUT2D eigenvalue weighted by molar-refractivity contribution is 6.05. The van der Waals surface area contributed by atoms with Crippen molar-refractivity contribution in [3.63, 3.8) is 0 Å². The summed E-state index contributed by atoms with van der Waals surface area (Å²) in [5.41, 5.74) is 15.8. The van der Waals surface area contributed by atoms with Gasteiger partial charge in [0.05, 0.1) is 33.8 Å². The number of fused-ring (bicyclic) bond motifs is 3.